The molecule has 0 unspecified atom stereocenters. The number of phenolic OH excluding ortho intramolecular Hbond substituents is 1. The predicted molar refractivity (Wildman–Crippen MR) is 60.6 cm³/mol. The molecule has 0 aliphatic rings. The average Bonchev–Trinajstić information content (AvgIpc) is 2.50. The van der Waals surface area contributed by atoms with Gasteiger partial charge in [-0.25, -0.2) is 0 Å². The summed E-state index contributed by atoms with van der Waals surface area (Å²) in [6.45, 7) is 2.38. The van der Waals surface area contributed by atoms with E-state index in [1.54, 1.807) is 18.2 Å². The zero-order valence-corrected chi connectivity index (χ0v) is 8.97. The van der Waals surface area contributed by atoms with Gasteiger partial charge in [0.1, 0.15) is 5.75 Å². The van der Waals surface area contributed by atoms with Crippen LogP contribution >= 0.6 is 0 Å². The summed E-state index contributed by atoms with van der Waals surface area (Å²) in [5.74, 6) is -0.581. The quantitative estimate of drug-likeness (QED) is 0.831. The van der Waals surface area contributed by atoms with E-state index in [1.807, 2.05) is 17.6 Å². The van der Waals surface area contributed by atoms with Crippen molar-refractivity contribution in [2.45, 2.75) is 19.9 Å². The molecule has 4 nitrogen and oxygen atoms in total. The summed E-state index contributed by atoms with van der Waals surface area (Å²) < 4.78 is 1.95. The van der Waals surface area contributed by atoms with Crippen LogP contribution in [0.15, 0.2) is 24.3 Å². The molecular formula is C12H13NO3. The second kappa shape index (κ2) is 3.89. The molecule has 1 heterocycles. The normalized spacial score (nSPS) is 10.8. The highest BCUT2D eigenvalue weighted by molar-refractivity contribution is 5.83. The van der Waals surface area contributed by atoms with Crippen molar-refractivity contribution < 1.29 is 15.0 Å². The molecule has 2 rings (SSSR count). The van der Waals surface area contributed by atoms with Gasteiger partial charge in [-0.2, -0.15) is 0 Å². The Morgan fingerprint density at radius 3 is 2.81 bits per heavy atom. The van der Waals surface area contributed by atoms with Crippen LogP contribution in [0, 0.1) is 6.92 Å². The van der Waals surface area contributed by atoms with Gasteiger partial charge in [0.2, 0.25) is 0 Å². The van der Waals surface area contributed by atoms with Crippen LogP contribution in [0.5, 0.6) is 5.75 Å². The Morgan fingerprint density at radius 1 is 1.38 bits per heavy atom. The number of fused-ring (bicyclic) bond motifs is 1. The molecule has 4 heteroatoms. The first-order valence-corrected chi connectivity index (χ1v) is 5.08. The predicted octanol–water partition coefficient (Wildman–Crippen LogP) is 2.13. The summed E-state index contributed by atoms with van der Waals surface area (Å²) in [5.41, 5.74) is 1.96. The molecule has 2 N–H and O–H groups in total. The number of aryl methyl sites for hydroxylation is 2. The number of rotatable bonds is 3. The summed E-state index contributed by atoms with van der Waals surface area (Å²) >= 11 is 0. The monoisotopic (exact) mass is 219 g/mol. The molecule has 0 spiro atoms. The number of hydrogen-bond donors (Lipinski definition) is 2. The van der Waals surface area contributed by atoms with Crippen LogP contribution < -0.4 is 0 Å². The van der Waals surface area contributed by atoms with Crippen molar-refractivity contribution in [3.8, 4) is 5.75 Å². The fourth-order valence-corrected chi connectivity index (χ4v) is 1.90. The number of carbonyl (C=O) groups is 1. The van der Waals surface area contributed by atoms with E-state index in [9.17, 15) is 9.90 Å². The molecule has 0 radical (unpaired) electrons. The Hall–Kier alpha value is -1.97. The zero-order valence-electron chi connectivity index (χ0n) is 8.97. The van der Waals surface area contributed by atoms with E-state index >= 15 is 0 Å². The maximum absolute atomic E-state index is 10.5. The molecule has 0 aliphatic carbocycles. The van der Waals surface area contributed by atoms with Crippen LogP contribution in [-0.2, 0) is 11.3 Å². The average molecular weight is 219 g/mol. The van der Waals surface area contributed by atoms with Crippen molar-refractivity contribution in [2.75, 3.05) is 0 Å². The van der Waals surface area contributed by atoms with E-state index in [2.05, 4.69) is 0 Å². The first-order valence-electron chi connectivity index (χ1n) is 5.08. The van der Waals surface area contributed by atoms with Crippen LogP contribution in [0.25, 0.3) is 10.9 Å². The third-order valence-corrected chi connectivity index (χ3v) is 2.64. The number of benzene rings is 1. The van der Waals surface area contributed by atoms with Crippen LogP contribution in [-0.4, -0.2) is 20.7 Å². The third-order valence-electron chi connectivity index (χ3n) is 2.64. The number of carboxylic acid groups (broad SMARTS) is 1. The minimum atomic E-state index is -0.806. The van der Waals surface area contributed by atoms with E-state index in [0.717, 1.165) is 16.6 Å². The topological polar surface area (TPSA) is 62.5 Å². The van der Waals surface area contributed by atoms with Crippen molar-refractivity contribution in [1.82, 2.24) is 4.57 Å². The first kappa shape index (κ1) is 10.5. The lowest BCUT2D eigenvalue weighted by Gasteiger charge is -2.05. The molecule has 0 amide bonds. The summed E-state index contributed by atoms with van der Waals surface area (Å²) in [6.07, 6.45) is 0.103. The SMILES string of the molecule is Cc1cc2cc(O)ccc2n1CCC(=O)O. The summed E-state index contributed by atoms with van der Waals surface area (Å²) in [6, 6.07) is 7.04. The minimum absolute atomic E-state index is 0.103. The fraction of sp³-hybridized carbons (Fsp3) is 0.250. The number of nitrogens with zero attached hydrogens (tertiary/aromatic N) is 1. The van der Waals surface area contributed by atoms with Gasteiger partial charge >= 0.3 is 5.97 Å². The van der Waals surface area contributed by atoms with E-state index in [1.165, 1.54) is 0 Å². The Bertz CT molecular complexity index is 542. The van der Waals surface area contributed by atoms with E-state index in [4.69, 9.17) is 5.11 Å². The van der Waals surface area contributed by atoms with Crippen LogP contribution in [0.2, 0.25) is 0 Å². The van der Waals surface area contributed by atoms with Crippen LogP contribution in [0.4, 0.5) is 0 Å². The van der Waals surface area contributed by atoms with E-state index in [0.29, 0.717) is 6.54 Å². The molecule has 16 heavy (non-hydrogen) atoms. The Kier molecular flexibility index (Phi) is 2.56. The van der Waals surface area contributed by atoms with Gasteiger partial charge in [0.25, 0.3) is 0 Å². The summed E-state index contributed by atoms with van der Waals surface area (Å²) in [7, 11) is 0. The van der Waals surface area contributed by atoms with Crippen LogP contribution in [0.1, 0.15) is 12.1 Å². The molecule has 1 aromatic heterocycles. The third kappa shape index (κ3) is 1.86. The fourth-order valence-electron chi connectivity index (χ4n) is 1.90. The minimum Gasteiger partial charge on any atom is -0.508 e. The largest absolute Gasteiger partial charge is 0.508 e. The molecule has 0 aliphatic heterocycles. The second-order valence-electron chi connectivity index (χ2n) is 3.82. The Morgan fingerprint density at radius 2 is 2.12 bits per heavy atom. The molecule has 1 aromatic carbocycles. The molecule has 0 fully saturated rings. The molecule has 0 atom stereocenters. The van der Waals surface area contributed by atoms with Crippen molar-refractivity contribution in [3.05, 3.63) is 30.0 Å². The molecule has 0 saturated carbocycles. The maximum atomic E-state index is 10.5. The highest BCUT2D eigenvalue weighted by atomic mass is 16.4. The Labute approximate surface area is 92.7 Å². The lowest BCUT2D eigenvalue weighted by molar-refractivity contribution is -0.137. The van der Waals surface area contributed by atoms with Crippen LogP contribution in [0.3, 0.4) is 0 Å². The lowest BCUT2D eigenvalue weighted by Crippen LogP contribution is -2.05. The number of aliphatic carboxylic acids is 1. The highest BCUT2D eigenvalue weighted by Gasteiger charge is 2.07. The number of carboxylic acids is 1. The number of hydrogen-bond acceptors (Lipinski definition) is 2. The van der Waals surface area contributed by atoms with Gasteiger partial charge in [-0.3, -0.25) is 4.79 Å². The summed E-state index contributed by atoms with van der Waals surface area (Å²) in [4.78, 5) is 10.5. The van der Waals surface area contributed by atoms with Gasteiger partial charge in [-0.05, 0) is 31.2 Å². The van der Waals surface area contributed by atoms with Gasteiger partial charge in [0.15, 0.2) is 0 Å². The number of aromatic hydroxyl groups is 1. The lowest BCUT2D eigenvalue weighted by atomic mass is 10.2. The summed E-state index contributed by atoms with van der Waals surface area (Å²) in [5, 5.41) is 18.9. The zero-order chi connectivity index (χ0) is 11.7. The van der Waals surface area contributed by atoms with Gasteiger partial charge in [0.05, 0.1) is 6.42 Å². The van der Waals surface area contributed by atoms with Gasteiger partial charge in [-0.1, -0.05) is 0 Å². The molecule has 0 bridgehead atoms. The van der Waals surface area contributed by atoms with Crippen molar-refractivity contribution >= 4 is 16.9 Å². The molecule has 84 valence electrons. The molecule has 2 aromatic rings. The van der Waals surface area contributed by atoms with E-state index < -0.39 is 5.97 Å². The smallest absolute Gasteiger partial charge is 0.305 e. The molecular weight excluding hydrogens is 206 g/mol. The van der Waals surface area contributed by atoms with E-state index in [-0.39, 0.29) is 12.2 Å². The second-order valence-corrected chi connectivity index (χ2v) is 3.82. The van der Waals surface area contributed by atoms with Crippen molar-refractivity contribution in [3.63, 3.8) is 0 Å². The first-order chi connectivity index (χ1) is 7.58. The number of aromatic nitrogens is 1. The number of phenols is 1. The van der Waals surface area contributed by atoms with Gasteiger partial charge in [0, 0.05) is 23.1 Å². The standard InChI is InChI=1S/C12H13NO3/c1-8-6-9-7-10(14)2-3-11(9)13(8)5-4-12(15)16/h2-3,6-7,14H,4-5H2,1H3,(H,15,16). The molecule has 0 saturated heterocycles. The Balaban J connectivity index is 2.43. The van der Waals surface area contributed by atoms with Gasteiger partial charge < -0.3 is 14.8 Å². The maximum Gasteiger partial charge on any atom is 0.305 e. The highest BCUT2D eigenvalue weighted by Crippen LogP contribution is 2.23. The van der Waals surface area contributed by atoms with Gasteiger partial charge in [-0.15, -0.1) is 0 Å². The van der Waals surface area contributed by atoms with Crippen molar-refractivity contribution in [1.29, 1.82) is 0 Å². The van der Waals surface area contributed by atoms with Crippen molar-refractivity contribution in [2.24, 2.45) is 0 Å².